The molecule has 2 heterocycles. The van der Waals surface area contributed by atoms with Gasteiger partial charge in [0, 0.05) is 17.1 Å². The van der Waals surface area contributed by atoms with Gasteiger partial charge in [0.15, 0.2) is 12.1 Å². The molecule has 8 heteroatoms. The van der Waals surface area contributed by atoms with Gasteiger partial charge in [-0.1, -0.05) is 72.3 Å². The highest BCUT2D eigenvalue weighted by molar-refractivity contribution is 6.30. The fraction of sp³-hybridized carbons (Fsp3) is 0.367. The van der Waals surface area contributed by atoms with E-state index in [-0.39, 0.29) is 12.5 Å². The summed E-state index contributed by atoms with van der Waals surface area (Å²) in [6.07, 6.45) is -2.60. The topological polar surface area (TPSA) is 75.3 Å². The van der Waals surface area contributed by atoms with Crippen LogP contribution in [0.2, 0.25) is 5.02 Å². The molecule has 3 aromatic rings. The molecule has 0 bridgehead atoms. The Morgan fingerprint density at radius 1 is 0.921 bits per heavy atom. The maximum atomic E-state index is 12.9. The molecule has 5 rings (SSSR count). The first kappa shape index (κ1) is 26.8. The van der Waals surface area contributed by atoms with Gasteiger partial charge >= 0.3 is 0 Å². The van der Waals surface area contributed by atoms with E-state index in [1.54, 1.807) is 24.3 Å². The number of ether oxygens (including phenoxy) is 5. The van der Waals surface area contributed by atoms with Gasteiger partial charge in [0.2, 0.25) is 0 Å². The molecule has 0 radical (unpaired) electrons. The van der Waals surface area contributed by atoms with Gasteiger partial charge in [0.05, 0.1) is 13.2 Å². The Balaban J connectivity index is 1.34. The van der Waals surface area contributed by atoms with Crippen molar-refractivity contribution >= 4 is 17.5 Å². The minimum Gasteiger partial charge on any atom is -0.369 e. The van der Waals surface area contributed by atoms with E-state index in [1.807, 2.05) is 74.5 Å². The third-order valence-corrected chi connectivity index (χ3v) is 6.81. The van der Waals surface area contributed by atoms with E-state index in [9.17, 15) is 4.79 Å². The Kier molecular flexibility index (Phi) is 8.43. The van der Waals surface area contributed by atoms with Crippen molar-refractivity contribution in [3.63, 3.8) is 0 Å². The molecule has 2 saturated heterocycles. The number of hydrogen-bond acceptors (Lipinski definition) is 6. The third-order valence-electron chi connectivity index (χ3n) is 6.56. The van der Waals surface area contributed by atoms with Gasteiger partial charge in [-0.15, -0.1) is 0 Å². The van der Waals surface area contributed by atoms with Gasteiger partial charge in [-0.3, -0.25) is 4.79 Å². The van der Waals surface area contributed by atoms with Gasteiger partial charge in [0.1, 0.15) is 24.4 Å². The van der Waals surface area contributed by atoms with E-state index >= 15 is 0 Å². The van der Waals surface area contributed by atoms with Crippen LogP contribution < -0.4 is 5.32 Å². The minimum absolute atomic E-state index is 0.201. The first-order chi connectivity index (χ1) is 18.4. The Labute approximate surface area is 227 Å². The largest absolute Gasteiger partial charge is 0.369 e. The summed E-state index contributed by atoms with van der Waals surface area (Å²) < 4.78 is 31.4. The highest BCUT2D eigenvalue weighted by Gasteiger charge is 2.57. The quantitative estimate of drug-likeness (QED) is 0.387. The Morgan fingerprint density at radius 3 is 2.21 bits per heavy atom. The molecule has 0 spiro atoms. The molecule has 0 unspecified atom stereocenters. The third kappa shape index (κ3) is 6.61. The molecule has 2 aliphatic rings. The molecule has 7 nitrogen and oxygen atoms in total. The van der Waals surface area contributed by atoms with Crippen LogP contribution in [0.15, 0.2) is 84.9 Å². The van der Waals surface area contributed by atoms with Crippen LogP contribution in [0.3, 0.4) is 0 Å². The summed E-state index contributed by atoms with van der Waals surface area (Å²) in [6, 6.07) is 26.5. The molecule has 0 aromatic heterocycles. The van der Waals surface area contributed by atoms with Gasteiger partial charge in [-0.25, -0.2) is 0 Å². The fourth-order valence-corrected chi connectivity index (χ4v) is 4.83. The lowest BCUT2D eigenvalue weighted by Gasteiger charge is -2.31. The molecular weight excluding hydrogens is 506 g/mol. The first-order valence-electron chi connectivity index (χ1n) is 12.7. The minimum atomic E-state index is -0.794. The summed E-state index contributed by atoms with van der Waals surface area (Å²) in [5, 5.41) is 3.55. The number of amides is 1. The average molecular weight is 538 g/mol. The standard InChI is InChI=1S/C30H32ClNO6/c1-30(2)37-27-26(35-19-21-11-7-4-8-12-21)25(36-29(27)38-30)24(34-18-20-9-5-3-6-10-20)17-32-28(33)22-13-15-23(31)16-14-22/h3-16,24-27,29H,17-19H2,1-2H3,(H,32,33)/t24-,25-,26+,27-,29-/m1/s1. The number of fused-ring (bicyclic) bond motifs is 1. The highest BCUT2D eigenvalue weighted by Crippen LogP contribution is 2.40. The van der Waals surface area contributed by atoms with Crippen molar-refractivity contribution in [2.24, 2.45) is 0 Å². The van der Waals surface area contributed by atoms with Gasteiger partial charge in [-0.05, 0) is 49.2 Å². The summed E-state index contributed by atoms with van der Waals surface area (Å²) in [7, 11) is 0. The van der Waals surface area contributed by atoms with Crippen molar-refractivity contribution in [1.29, 1.82) is 0 Å². The Hall–Kier alpha value is -2.78. The van der Waals surface area contributed by atoms with E-state index in [0.29, 0.717) is 23.8 Å². The van der Waals surface area contributed by atoms with Crippen molar-refractivity contribution in [2.45, 2.75) is 63.6 Å². The SMILES string of the molecule is CC1(C)O[C@H]2O[C@H]([C@@H](CNC(=O)c3ccc(Cl)cc3)OCc3ccccc3)[C@H](OCc3ccccc3)[C@H]2O1. The van der Waals surface area contributed by atoms with Crippen molar-refractivity contribution in [3.05, 3.63) is 107 Å². The lowest BCUT2D eigenvalue weighted by molar-refractivity contribution is -0.234. The molecule has 200 valence electrons. The fourth-order valence-electron chi connectivity index (χ4n) is 4.70. The van der Waals surface area contributed by atoms with Gasteiger partial charge in [-0.2, -0.15) is 0 Å². The lowest BCUT2D eigenvalue weighted by atomic mass is 10.0. The van der Waals surface area contributed by atoms with Crippen LogP contribution in [0.5, 0.6) is 0 Å². The number of carbonyl (C=O) groups is 1. The highest BCUT2D eigenvalue weighted by atomic mass is 35.5. The van der Waals surface area contributed by atoms with Crippen LogP contribution in [0.1, 0.15) is 35.3 Å². The zero-order chi connectivity index (χ0) is 26.5. The second-order valence-electron chi connectivity index (χ2n) is 9.88. The predicted molar refractivity (Wildman–Crippen MR) is 143 cm³/mol. The maximum Gasteiger partial charge on any atom is 0.251 e. The van der Waals surface area contributed by atoms with Crippen LogP contribution in [-0.2, 0) is 36.9 Å². The summed E-state index contributed by atoms with van der Waals surface area (Å²) in [5.41, 5.74) is 2.55. The summed E-state index contributed by atoms with van der Waals surface area (Å²) >= 11 is 5.98. The summed E-state index contributed by atoms with van der Waals surface area (Å²) in [6.45, 7) is 4.63. The van der Waals surface area contributed by atoms with Crippen LogP contribution in [0, 0.1) is 0 Å². The predicted octanol–water partition coefficient (Wildman–Crippen LogP) is 5.12. The second-order valence-corrected chi connectivity index (χ2v) is 10.3. The van der Waals surface area contributed by atoms with Crippen LogP contribution in [0.4, 0.5) is 0 Å². The molecule has 0 saturated carbocycles. The van der Waals surface area contributed by atoms with E-state index in [2.05, 4.69) is 5.32 Å². The molecular formula is C30H32ClNO6. The number of benzene rings is 3. The Bertz CT molecular complexity index is 1190. The van der Waals surface area contributed by atoms with E-state index in [0.717, 1.165) is 11.1 Å². The number of nitrogens with one attached hydrogen (secondary N) is 1. The number of halogens is 1. The van der Waals surface area contributed by atoms with Crippen molar-refractivity contribution in [2.75, 3.05) is 6.54 Å². The zero-order valence-corrected chi connectivity index (χ0v) is 22.2. The maximum absolute atomic E-state index is 12.9. The monoisotopic (exact) mass is 537 g/mol. The zero-order valence-electron chi connectivity index (χ0n) is 21.4. The van der Waals surface area contributed by atoms with Crippen molar-refractivity contribution in [3.8, 4) is 0 Å². The number of carbonyl (C=O) groups excluding carboxylic acids is 1. The van der Waals surface area contributed by atoms with E-state index in [4.69, 9.17) is 35.3 Å². The molecule has 1 N–H and O–H groups in total. The van der Waals surface area contributed by atoms with Gasteiger partial charge < -0.3 is 29.0 Å². The molecule has 5 atom stereocenters. The van der Waals surface area contributed by atoms with E-state index in [1.165, 1.54) is 0 Å². The molecule has 3 aromatic carbocycles. The summed E-state index contributed by atoms with van der Waals surface area (Å²) in [5.74, 6) is -1.03. The average Bonchev–Trinajstić information content (AvgIpc) is 3.40. The first-order valence-corrected chi connectivity index (χ1v) is 13.1. The van der Waals surface area contributed by atoms with Crippen LogP contribution in [0.25, 0.3) is 0 Å². The number of hydrogen-bond donors (Lipinski definition) is 1. The Morgan fingerprint density at radius 2 is 1.55 bits per heavy atom. The lowest BCUT2D eigenvalue weighted by Crippen LogP contribution is -2.48. The molecule has 0 aliphatic carbocycles. The molecule has 2 fully saturated rings. The smallest absolute Gasteiger partial charge is 0.251 e. The van der Waals surface area contributed by atoms with Crippen LogP contribution >= 0.6 is 11.6 Å². The molecule has 2 aliphatic heterocycles. The van der Waals surface area contributed by atoms with Crippen molar-refractivity contribution in [1.82, 2.24) is 5.32 Å². The summed E-state index contributed by atoms with van der Waals surface area (Å²) in [4.78, 5) is 12.9. The van der Waals surface area contributed by atoms with Gasteiger partial charge in [0.25, 0.3) is 5.91 Å². The van der Waals surface area contributed by atoms with Crippen molar-refractivity contribution < 1.29 is 28.5 Å². The number of rotatable bonds is 10. The second kappa shape index (κ2) is 11.9. The van der Waals surface area contributed by atoms with Crippen LogP contribution in [-0.4, -0.2) is 48.9 Å². The molecule has 38 heavy (non-hydrogen) atoms. The normalized spacial score (nSPS) is 24.6. The molecule has 1 amide bonds. The van der Waals surface area contributed by atoms with E-state index < -0.39 is 36.5 Å².